The standard InChI is InChI=1S/C23H40N3O7P/c1-16(2)26(17(3)4)34(32-9-8-24-6)33-21-20-12-30-23(21,14-28-20)15-31-25(7)10-18-19-11-29-22(18,5)13-27-19/h16-21H,8-15H2,1-5,7H3/t18-,19-,20-,21-,22-,23+,34?/m0/s1/i5D. The number of hydrogen-bond acceptors (Lipinski definition) is 9. The molecule has 4 aliphatic rings. The fourth-order valence-electron chi connectivity index (χ4n) is 5.18. The quantitative estimate of drug-likeness (QED) is 0.163. The first kappa shape index (κ1) is 25.2. The maximum absolute atomic E-state index is 7.95. The normalized spacial score (nSPS) is 37.9. The lowest BCUT2D eigenvalue weighted by Crippen LogP contribution is -2.49. The van der Waals surface area contributed by atoms with Crippen LogP contribution in [-0.2, 0) is 32.8 Å². The van der Waals surface area contributed by atoms with E-state index in [-0.39, 0.29) is 49.8 Å². The Balaban J connectivity index is 1.39. The summed E-state index contributed by atoms with van der Waals surface area (Å²) in [5.41, 5.74) is -1.26. The minimum Gasteiger partial charge on any atom is -0.372 e. The van der Waals surface area contributed by atoms with E-state index in [0.717, 1.165) is 0 Å². The summed E-state index contributed by atoms with van der Waals surface area (Å²) < 4.78 is 46.8. The summed E-state index contributed by atoms with van der Waals surface area (Å²) in [4.78, 5) is 9.60. The zero-order valence-electron chi connectivity index (χ0n) is 22.0. The predicted molar refractivity (Wildman–Crippen MR) is 126 cm³/mol. The Kier molecular flexibility index (Phi) is 8.08. The van der Waals surface area contributed by atoms with Gasteiger partial charge in [0.25, 0.3) is 8.53 Å². The van der Waals surface area contributed by atoms with Gasteiger partial charge < -0.3 is 32.8 Å². The van der Waals surface area contributed by atoms with E-state index >= 15 is 0 Å². The van der Waals surface area contributed by atoms with Crippen molar-refractivity contribution >= 4 is 8.53 Å². The molecule has 0 aliphatic carbocycles. The number of nitrogens with zero attached hydrogens (tertiary/aromatic N) is 3. The van der Waals surface area contributed by atoms with Crippen molar-refractivity contribution in [2.75, 3.05) is 59.8 Å². The van der Waals surface area contributed by atoms with E-state index < -0.39 is 19.7 Å². The van der Waals surface area contributed by atoms with Crippen molar-refractivity contribution in [1.82, 2.24) is 9.73 Å². The minimum atomic E-state index is -1.41. The van der Waals surface area contributed by atoms with E-state index in [1.165, 1.54) is 0 Å². The largest absolute Gasteiger partial charge is 0.372 e. The average Bonchev–Trinajstić information content (AvgIpc) is 3.55. The van der Waals surface area contributed by atoms with Crippen molar-refractivity contribution in [1.29, 1.82) is 0 Å². The van der Waals surface area contributed by atoms with Gasteiger partial charge in [0.2, 0.25) is 6.54 Å². The number of hydrogen-bond donors (Lipinski definition) is 0. The molecule has 34 heavy (non-hydrogen) atoms. The van der Waals surface area contributed by atoms with Gasteiger partial charge in [0.1, 0.15) is 31.0 Å². The molecule has 10 nitrogen and oxygen atoms in total. The summed E-state index contributed by atoms with van der Waals surface area (Å²) in [7, 11) is 0.479. The van der Waals surface area contributed by atoms with Crippen LogP contribution < -0.4 is 0 Å². The van der Waals surface area contributed by atoms with Crippen LogP contribution in [0.1, 0.15) is 36.0 Å². The second-order valence-electron chi connectivity index (χ2n) is 10.2. The lowest BCUT2D eigenvalue weighted by atomic mass is 9.91. The van der Waals surface area contributed by atoms with Crippen molar-refractivity contribution in [3.63, 3.8) is 0 Å². The van der Waals surface area contributed by atoms with Gasteiger partial charge in [-0.3, -0.25) is 4.84 Å². The Morgan fingerprint density at radius 2 is 1.88 bits per heavy atom. The molecule has 0 aromatic rings. The molecule has 0 saturated carbocycles. The molecule has 0 aromatic carbocycles. The van der Waals surface area contributed by atoms with E-state index in [4.69, 9.17) is 40.8 Å². The topological polar surface area (TPSA) is 75.5 Å². The maximum atomic E-state index is 7.95. The highest BCUT2D eigenvalue weighted by molar-refractivity contribution is 7.44. The van der Waals surface area contributed by atoms with Gasteiger partial charge in [0.15, 0.2) is 0 Å². The molecule has 1 unspecified atom stereocenters. The Bertz CT molecular complexity index is 733. The molecule has 4 bridgehead atoms. The number of rotatable bonds is 13. The van der Waals surface area contributed by atoms with Crippen LogP contribution >= 0.6 is 8.53 Å². The van der Waals surface area contributed by atoms with E-state index in [1.807, 2.05) is 7.05 Å². The predicted octanol–water partition coefficient (Wildman–Crippen LogP) is 2.49. The zero-order valence-corrected chi connectivity index (χ0v) is 21.9. The molecule has 4 rings (SSSR count). The van der Waals surface area contributed by atoms with Crippen LogP contribution in [0, 0.1) is 12.5 Å². The van der Waals surface area contributed by atoms with Crippen LogP contribution in [0.15, 0.2) is 0 Å². The van der Waals surface area contributed by atoms with Crippen molar-refractivity contribution in [3.05, 3.63) is 11.4 Å². The second kappa shape index (κ2) is 10.9. The molecule has 0 spiro atoms. The smallest absolute Gasteiger partial charge is 0.259 e. The summed E-state index contributed by atoms with van der Waals surface area (Å²) in [5.74, 6) is 0.0981. The molecule has 0 aromatic heterocycles. The summed E-state index contributed by atoms with van der Waals surface area (Å²) >= 11 is 0. The van der Waals surface area contributed by atoms with Crippen LogP contribution in [0.4, 0.5) is 0 Å². The van der Waals surface area contributed by atoms with Crippen molar-refractivity contribution in [2.45, 2.75) is 76.2 Å². The van der Waals surface area contributed by atoms with Gasteiger partial charge in [0, 0.05) is 33.0 Å². The highest BCUT2D eigenvalue weighted by Gasteiger charge is 2.60. The van der Waals surface area contributed by atoms with E-state index in [1.54, 1.807) is 5.06 Å². The van der Waals surface area contributed by atoms with Gasteiger partial charge in [-0.1, -0.05) is 0 Å². The zero-order chi connectivity index (χ0) is 25.2. The summed E-state index contributed by atoms with van der Waals surface area (Å²) in [6.45, 7) is 19.1. The molecule has 7 atom stereocenters. The first-order valence-corrected chi connectivity index (χ1v) is 13.2. The Hall–Kier alpha value is -0.440. The molecule has 194 valence electrons. The first-order valence-electron chi connectivity index (χ1n) is 12.8. The van der Waals surface area contributed by atoms with Crippen LogP contribution in [0.3, 0.4) is 0 Å². The van der Waals surface area contributed by atoms with Gasteiger partial charge in [0.05, 0.1) is 38.1 Å². The minimum absolute atomic E-state index is 0.0109. The molecule has 4 heterocycles. The Morgan fingerprint density at radius 3 is 2.47 bits per heavy atom. The van der Waals surface area contributed by atoms with Gasteiger partial charge in [-0.2, -0.15) is 5.06 Å². The van der Waals surface area contributed by atoms with Crippen LogP contribution in [0.5, 0.6) is 0 Å². The SMILES string of the molecule is [2H]C[C@@]12CO[C@@H](CO1)[C@@H]2CN(C)OC[C@@]12CO[C@@H](CO1)[C@@H]2OP(OCC[N+]#[C-])N(C(C)C)C(C)C. The van der Waals surface area contributed by atoms with Crippen molar-refractivity contribution in [2.24, 2.45) is 5.92 Å². The fourth-order valence-corrected chi connectivity index (χ4v) is 7.00. The van der Waals surface area contributed by atoms with E-state index in [2.05, 4.69) is 37.2 Å². The molecule has 4 aliphatic heterocycles. The summed E-state index contributed by atoms with van der Waals surface area (Å²) in [5, 5.41) is 1.80. The van der Waals surface area contributed by atoms with Gasteiger partial charge in [-0.05, 0) is 34.6 Å². The third-order valence-electron chi connectivity index (χ3n) is 6.97. The lowest BCUT2D eigenvalue weighted by molar-refractivity contribution is -0.216. The highest BCUT2D eigenvalue weighted by Crippen LogP contribution is 2.52. The summed E-state index contributed by atoms with van der Waals surface area (Å²) in [6.07, 6.45) is -0.501. The van der Waals surface area contributed by atoms with E-state index in [9.17, 15) is 0 Å². The highest BCUT2D eigenvalue weighted by atomic mass is 31.2. The van der Waals surface area contributed by atoms with Crippen LogP contribution in [-0.4, -0.2) is 111 Å². The van der Waals surface area contributed by atoms with Gasteiger partial charge >= 0.3 is 0 Å². The molecule has 11 heteroatoms. The molecular formula is C23H40N3O7P. The monoisotopic (exact) mass is 502 g/mol. The Morgan fingerprint density at radius 1 is 1.15 bits per heavy atom. The molecule has 0 amide bonds. The van der Waals surface area contributed by atoms with Crippen molar-refractivity contribution in [3.8, 4) is 0 Å². The molecule has 4 fully saturated rings. The van der Waals surface area contributed by atoms with Crippen LogP contribution in [0.25, 0.3) is 4.85 Å². The Labute approximate surface area is 206 Å². The second-order valence-corrected chi connectivity index (χ2v) is 11.6. The number of ether oxygens (including phenoxy) is 4. The van der Waals surface area contributed by atoms with Gasteiger partial charge in [-0.25, -0.2) is 11.2 Å². The molecule has 0 N–H and O–H groups in total. The molecular weight excluding hydrogens is 461 g/mol. The number of hydroxylamine groups is 2. The van der Waals surface area contributed by atoms with Crippen molar-refractivity contribution < 1.29 is 34.2 Å². The summed E-state index contributed by atoms with van der Waals surface area (Å²) in [6, 6.07) is 0.424. The third kappa shape index (κ3) is 5.30. The van der Waals surface area contributed by atoms with E-state index in [0.29, 0.717) is 46.1 Å². The fraction of sp³-hybridized carbons (Fsp3) is 0.957. The molecule has 0 radical (unpaired) electrons. The average molecular weight is 503 g/mol. The maximum Gasteiger partial charge on any atom is 0.259 e. The van der Waals surface area contributed by atoms with Gasteiger partial charge in [-0.15, -0.1) is 0 Å². The molecule has 4 saturated heterocycles. The number of fused-ring (bicyclic) bond motifs is 4. The third-order valence-corrected chi connectivity index (χ3v) is 9.08. The first-order chi connectivity index (χ1) is 16.7. The lowest BCUT2D eigenvalue weighted by Gasteiger charge is -2.38. The van der Waals surface area contributed by atoms with Crippen LogP contribution in [0.2, 0.25) is 0 Å².